The molecule has 7 nitrogen and oxygen atoms in total. The molecule has 0 spiro atoms. The molecule has 3 rings (SSSR count). The van der Waals surface area contributed by atoms with Gasteiger partial charge in [-0.15, -0.1) is 0 Å². The van der Waals surface area contributed by atoms with Crippen LogP contribution in [0, 0.1) is 6.92 Å². The van der Waals surface area contributed by atoms with Crippen molar-refractivity contribution in [2.24, 2.45) is 0 Å². The van der Waals surface area contributed by atoms with Crippen molar-refractivity contribution in [1.29, 1.82) is 0 Å². The van der Waals surface area contributed by atoms with Crippen LogP contribution in [0.3, 0.4) is 0 Å². The molecule has 1 aliphatic heterocycles. The monoisotopic (exact) mass is 408 g/mol. The second-order valence-electron chi connectivity index (χ2n) is 6.33. The van der Waals surface area contributed by atoms with Gasteiger partial charge in [-0.3, -0.25) is 9.48 Å². The fourth-order valence-electron chi connectivity index (χ4n) is 2.90. The lowest BCUT2D eigenvalue weighted by molar-refractivity contribution is 0.0947. The van der Waals surface area contributed by atoms with Gasteiger partial charge in [-0.2, -0.15) is 21.2 Å². The van der Waals surface area contributed by atoms with Crippen molar-refractivity contribution in [3.63, 3.8) is 0 Å². The zero-order valence-corrected chi connectivity index (χ0v) is 17.1. The van der Waals surface area contributed by atoms with Crippen molar-refractivity contribution in [2.45, 2.75) is 32.0 Å². The molecule has 1 amide bonds. The van der Waals surface area contributed by atoms with Crippen LogP contribution in [-0.4, -0.2) is 53.0 Å². The predicted octanol–water partition coefficient (Wildman–Crippen LogP) is 1.88. The third kappa shape index (κ3) is 4.36. The fourth-order valence-corrected chi connectivity index (χ4v) is 5.57. The predicted molar refractivity (Wildman–Crippen MR) is 106 cm³/mol. The summed E-state index contributed by atoms with van der Waals surface area (Å²) in [5.74, 6) is 1.08. The fraction of sp³-hybridized carbons (Fsp3) is 0.444. The van der Waals surface area contributed by atoms with E-state index >= 15 is 0 Å². The molecule has 1 aromatic heterocycles. The van der Waals surface area contributed by atoms with E-state index < -0.39 is 15.9 Å². The average molecular weight is 409 g/mol. The number of nitrogens with zero attached hydrogens (tertiary/aromatic N) is 3. The first-order valence-electron chi connectivity index (χ1n) is 8.91. The Labute approximate surface area is 164 Å². The Morgan fingerprint density at radius 2 is 1.96 bits per heavy atom. The molecule has 0 aliphatic carbocycles. The number of benzene rings is 1. The Morgan fingerprint density at radius 3 is 2.63 bits per heavy atom. The molecular weight excluding hydrogens is 384 g/mol. The summed E-state index contributed by atoms with van der Waals surface area (Å²) in [6, 6.07) is 7.76. The molecule has 1 fully saturated rings. The van der Waals surface area contributed by atoms with Crippen molar-refractivity contribution in [1.82, 2.24) is 19.4 Å². The number of carbonyl (C=O) groups excluding carboxylic acids is 1. The van der Waals surface area contributed by atoms with Crippen molar-refractivity contribution in [3.05, 3.63) is 47.2 Å². The number of amides is 1. The maximum Gasteiger partial charge on any atom is 0.263 e. The summed E-state index contributed by atoms with van der Waals surface area (Å²) >= 11 is 1.73. The Kier molecular flexibility index (Phi) is 6.23. The number of carbonyl (C=O) groups is 1. The van der Waals surface area contributed by atoms with E-state index in [0.29, 0.717) is 26.2 Å². The van der Waals surface area contributed by atoms with Gasteiger partial charge in [0.2, 0.25) is 5.03 Å². The second kappa shape index (κ2) is 8.45. The summed E-state index contributed by atoms with van der Waals surface area (Å²) < 4.78 is 29.0. The average Bonchev–Trinajstić information content (AvgIpc) is 3.13. The normalized spacial score (nSPS) is 15.6. The molecule has 0 bridgehead atoms. The molecule has 27 heavy (non-hydrogen) atoms. The van der Waals surface area contributed by atoms with Gasteiger partial charge in [0.15, 0.2) is 0 Å². The van der Waals surface area contributed by atoms with E-state index in [1.54, 1.807) is 11.8 Å². The summed E-state index contributed by atoms with van der Waals surface area (Å²) in [6.45, 7) is 5.54. The number of aryl methyl sites for hydroxylation is 2. The molecule has 1 saturated heterocycles. The molecule has 2 aromatic rings. The van der Waals surface area contributed by atoms with Crippen LogP contribution in [0.1, 0.15) is 28.4 Å². The van der Waals surface area contributed by atoms with Crippen LogP contribution in [0.4, 0.5) is 0 Å². The van der Waals surface area contributed by atoms with E-state index in [1.807, 2.05) is 38.1 Å². The van der Waals surface area contributed by atoms with Crippen LogP contribution in [0.25, 0.3) is 0 Å². The first-order chi connectivity index (χ1) is 12.9. The molecule has 1 aliphatic rings. The van der Waals surface area contributed by atoms with Gasteiger partial charge in [-0.1, -0.05) is 24.3 Å². The van der Waals surface area contributed by atoms with E-state index in [2.05, 4.69) is 10.4 Å². The van der Waals surface area contributed by atoms with E-state index in [9.17, 15) is 13.2 Å². The van der Waals surface area contributed by atoms with Crippen molar-refractivity contribution >= 4 is 27.7 Å². The zero-order chi connectivity index (χ0) is 19.4. The maximum absolute atomic E-state index is 13.0. The van der Waals surface area contributed by atoms with E-state index in [-0.39, 0.29) is 10.6 Å². The Balaban J connectivity index is 1.85. The molecule has 0 radical (unpaired) electrons. The summed E-state index contributed by atoms with van der Waals surface area (Å²) in [5, 5.41) is 6.86. The topological polar surface area (TPSA) is 84.3 Å². The maximum atomic E-state index is 13.0. The minimum atomic E-state index is -3.79. The van der Waals surface area contributed by atoms with Gasteiger partial charge in [0.1, 0.15) is 0 Å². The minimum Gasteiger partial charge on any atom is -0.348 e. The third-order valence-corrected chi connectivity index (χ3v) is 7.33. The summed E-state index contributed by atoms with van der Waals surface area (Å²) in [4.78, 5) is 12.8. The lowest BCUT2D eigenvalue weighted by Gasteiger charge is -2.24. The number of sulfonamides is 1. The van der Waals surface area contributed by atoms with E-state index in [1.165, 1.54) is 15.2 Å². The number of rotatable bonds is 6. The lowest BCUT2D eigenvalue weighted by atomic mass is 10.1. The number of aromatic nitrogens is 2. The second-order valence-corrected chi connectivity index (χ2v) is 9.41. The van der Waals surface area contributed by atoms with Gasteiger partial charge in [0.05, 0.1) is 5.56 Å². The first-order valence-corrected chi connectivity index (χ1v) is 11.5. The largest absolute Gasteiger partial charge is 0.348 e. The van der Waals surface area contributed by atoms with Crippen LogP contribution in [0.15, 0.2) is 35.5 Å². The Bertz CT molecular complexity index is 918. The SMILES string of the molecule is CCn1cc(C(=O)NCc2ccccc2C)c(S(=O)(=O)N2CCSCC2)n1. The highest BCUT2D eigenvalue weighted by atomic mass is 32.2. The molecule has 9 heteroatoms. The first kappa shape index (κ1) is 19.9. The quantitative estimate of drug-likeness (QED) is 0.789. The van der Waals surface area contributed by atoms with Gasteiger partial charge in [0, 0.05) is 43.9 Å². The summed E-state index contributed by atoms with van der Waals surface area (Å²) in [6.07, 6.45) is 1.51. The highest BCUT2D eigenvalue weighted by molar-refractivity contribution is 7.99. The molecule has 0 saturated carbocycles. The number of hydrogen-bond acceptors (Lipinski definition) is 5. The molecule has 0 unspecified atom stereocenters. The number of thioether (sulfide) groups is 1. The third-order valence-electron chi connectivity index (χ3n) is 4.55. The molecule has 1 aromatic carbocycles. The molecule has 146 valence electrons. The molecule has 2 heterocycles. The Hall–Kier alpha value is -1.84. The van der Waals surface area contributed by atoms with Crippen LogP contribution in [-0.2, 0) is 23.1 Å². The number of hydrogen-bond donors (Lipinski definition) is 1. The van der Waals surface area contributed by atoms with Crippen molar-refractivity contribution in [3.8, 4) is 0 Å². The molecule has 1 N–H and O–H groups in total. The van der Waals surface area contributed by atoms with Crippen LogP contribution >= 0.6 is 11.8 Å². The highest BCUT2D eigenvalue weighted by Crippen LogP contribution is 2.22. The smallest absolute Gasteiger partial charge is 0.263 e. The van der Waals surface area contributed by atoms with E-state index in [0.717, 1.165) is 22.6 Å². The molecule has 0 atom stereocenters. The van der Waals surface area contributed by atoms with E-state index in [4.69, 9.17) is 0 Å². The van der Waals surface area contributed by atoms with Crippen LogP contribution in [0.5, 0.6) is 0 Å². The zero-order valence-electron chi connectivity index (χ0n) is 15.5. The van der Waals surface area contributed by atoms with Crippen LogP contribution in [0.2, 0.25) is 0 Å². The summed E-state index contributed by atoms with van der Waals surface area (Å²) in [7, 11) is -3.79. The van der Waals surface area contributed by atoms with Gasteiger partial charge >= 0.3 is 0 Å². The number of nitrogens with one attached hydrogen (secondary N) is 1. The Morgan fingerprint density at radius 1 is 1.26 bits per heavy atom. The standard InChI is InChI=1S/C18H24N4O3S2/c1-3-21-13-16(17(23)19-12-15-7-5-4-6-14(15)2)18(20-21)27(24,25)22-8-10-26-11-9-22/h4-7,13H,3,8-12H2,1-2H3,(H,19,23). The highest BCUT2D eigenvalue weighted by Gasteiger charge is 2.33. The van der Waals surface area contributed by atoms with Gasteiger partial charge in [0.25, 0.3) is 15.9 Å². The molecular formula is C18H24N4O3S2. The van der Waals surface area contributed by atoms with Crippen molar-refractivity contribution in [2.75, 3.05) is 24.6 Å². The summed E-state index contributed by atoms with van der Waals surface area (Å²) in [5.41, 5.74) is 2.16. The van der Waals surface area contributed by atoms with Crippen molar-refractivity contribution < 1.29 is 13.2 Å². The minimum absolute atomic E-state index is 0.101. The van der Waals surface area contributed by atoms with Crippen LogP contribution < -0.4 is 5.32 Å². The van der Waals surface area contributed by atoms with Gasteiger partial charge in [-0.25, -0.2) is 8.42 Å². The van der Waals surface area contributed by atoms with Gasteiger partial charge < -0.3 is 5.32 Å². The van der Waals surface area contributed by atoms with Gasteiger partial charge in [-0.05, 0) is 25.0 Å². The lowest BCUT2D eigenvalue weighted by Crippen LogP contribution is -2.39.